The Balaban J connectivity index is 2.30. The van der Waals surface area contributed by atoms with E-state index >= 15 is 0 Å². The average Bonchev–Trinajstić information content (AvgIpc) is 2.68. The van der Waals surface area contributed by atoms with Gasteiger partial charge in [0, 0.05) is 23.1 Å². The maximum atomic E-state index is 12.4. The lowest BCUT2D eigenvalue weighted by molar-refractivity contribution is -0.153. The van der Waals surface area contributed by atoms with E-state index in [4.69, 9.17) is 4.74 Å². The summed E-state index contributed by atoms with van der Waals surface area (Å²) in [6, 6.07) is 28.1. The fourth-order valence-electron chi connectivity index (χ4n) is 3.05. The molecular weight excluding hydrogens is 308 g/mol. The first-order chi connectivity index (χ1) is 12.2. The fourth-order valence-corrected chi connectivity index (χ4v) is 3.05. The summed E-state index contributed by atoms with van der Waals surface area (Å²) >= 11 is 0. The Bertz CT molecular complexity index is 781. The summed E-state index contributed by atoms with van der Waals surface area (Å²) in [4.78, 5) is 12.4. The Morgan fingerprint density at radius 1 is 0.760 bits per heavy atom. The molecule has 0 unspecified atom stereocenters. The molecule has 0 spiro atoms. The Kier molecular flexibility index (Phi) is 4.99. The molecule has 0 aliphatic rings. The molecule has 25 heavy (non-hydrogen) atoms. The zero-order valence-electron chi connectivity index (χ0n) is 14.6. The number of ether oxygens (including phenoxy) is 1. The van der Waals surface area contributed by atoms with E-state index < -0.39 is 5.60 Å². The zero-order chi connectivity index (χ0) is 17.7. The smallest absolute Gasteiger partial charge is 0.307 e. The number of rotatable bonds is 5. The van der Waals surface area contributed by atoms with E-state index in [1.807, 2.05) is 79.7 Å². The molecule has 3 rings (SSSR count). The van der Waals surface area contributed by atoms with Gasteiger partial charge >= 0.3 is 5.97 Å². The minimum atomic E-state index is -0.955. The Morgan fingerprint density at radius 2 is 1.20 bits per heavy atom. The van der Waals surface area contributed by atoms with Crippen molar-refractivity contribution in [3.05, 3.63) is 107 Å². The molecule has 0 aromatic heterocycles. The van der Waals surface area contributed by atoms with Crippen LogP contribution in [0.5, 0.6) is 0 Å². The van der Waals surface area contributed by atoms with Crippen LogP contribution in [0.15, 0.2) is 84.9 Å². The number of hydrogen-bond acceptors (Lipinski definition) is 2. The van der Waals surface area contributed by atoms with Crippen molar-refractivity contribution in [3.63, 3.8) is 0 Å². The number of hydrogen-bond donors (Lipinski definition) is 0. The van der Waals surface area contributed by atoms with E-state index in [1.165, 1.54) is 5.56 Å². The standard InChI is InChI=1S/C23H22O2/c1-3-22(24)25-23(19-10-6-4-7-11-19,20-12-8-5-9-13-20)21-16-14-18(2)15-17-21/h4-17H,3H2,1-2H3. The van der Waals surface area contributed by atoms with Crippen LogP contribution in [0.1, 0.15) is 35.6 Å². The van der Waals surface area contributed by atoms with Gasteiger partial charge in [-0.3, -0.25) is 4.79 Å². The van der Waals surface area contributed by atoms with Crippen molar-refractivity contribution in [2.75, 3.05) is 0 Å². The van der Waals surface area contributed by atoms with Crippen LogP contribution in [-0.4, -0.2) is 5.97 Å². The molecule has 0 fully saturated rings. The van der Waals surface area contributed by atoms with Crippen LogP contribution in [0.3, 0.4) is 0 Å². The molecule has 0 saturated carbocycles. The lowest BCUT2D eigenvalue weighted by atomic mass is 9.80. The normalized spacial score (nSPS) is 11.1. The minimum absolute atomic E-state index is 0.228. The van der Waals surface area contributed by atoms with Gasteiger partial charge in [0.25, 0.3) is 0 Å². The van der Waals surface area contributed by atoms with Gasteiger partial charge in [0.15, 0.2) is 5.60 Å². The molecule has 126 valence electrons. The van der Waals surface area contributed by atoms with Crippen molar-refractivity contribution in [1.82, 2.24) is 0 Å². The number of carbonyl (C=O) groups is 1. The highest BCUT2D eigenvalue weighted by atomic mass is 16.6. The Morgan fingerprint density at radius 3 is 1.64 bits per heavy atom. The van der Waals surface area contributed by atoms with Crippen LogP contribution in [-0.2, 0) is 15.1 Å². The van der Waals surface area contributed by atoms with E-state index in [0.29, 0.717) is 6.42 Å². The second-order valence-electron chi connectivity index (χ2n) is 6.11. The van der Waals surface area contributed by atoms with E-state index in [2.05, 4.69) is 19.1 Å². The number of carbonyl (C=O) groups excluding carboxylic acids is 1. The van der Waals surface area contributed by atoms with Gasteiger partial charge in [-0.15, -0.1) is 0 Å². The monoisotopic (exact) mass is 330 g/mol. The van der Waals surface area contributed by atoms with Crippen LogP contribution in [0.2, 0.25) is 0 Å². The Labute approximate surface area is 149 Å². The minimum Gasteiger partial charge on any atom is -0.444 e. The summed E-state index contributed by atoms with van der Waals surface area (Å²) in [6.45, 7) is 3.87. The van der Waals surface area contributed by atoms with Crippen molar-refractivity contribution in [2.24, 2.45) is 0 Å². The summed E-state index contributed by atoms with van der Waals surface area (Å²) in [7, 11) is 0. The first-order valence-electron chi connectivity index (χ1n) is 8.57. The average molecular weight is 330 g/mol. The molecule has 0 heterocycles. The molecule has 3 aromatic carbocycles. The van der Waals surface area contributed by atoms with Gasteiger partial charge in [0.2, 0.25) is 0 Å². The maximum absolute atomic E-state index is 12.4. The molecule has 2 heteroatoms. The van der Waals surface area contributed by atoms with E-state index in [1.54, 1.807) is 0 Å². The molecule has 0 aliphatic heterocycles. The number of benzene rings is 3. The Hall–Kier alpha value is -2.87. The van der Waals surface area contributed by atoms with Crippen molar-refractivity contribution in [1.29, 1.82) is 0 Å². The molecule has 0 N–H and O–H groups in total. The van der Waals surface area contributed by atoms with Crippen molar-refractivity contribution < 1.29 is 9.53 Å². The van der Waals surface area contributed by atoms with Gasteiger partial charge in [-0.25, -0.2) is 0 Å². The van der Waals surface area contributed by atoms with Crippen LogP contribution in [0.25, 0.3) is 0 Å². The summed E-state index contributed by atoms with van der Waals surface area (Å²) in [5, 5.41) is 0. The molecule has 0 atom stereocenters. The van der Waals surface area contributed by atoms with Gasteiger partial charge in [-0.1, -0.05) is 97.4 Å². The van der Waals surface area contributed by atoms with Gasteiger partial charge in [0.1, 0.15) is 0 Å². The van der Waals surface area contributed by atoms with Crippen molar-refractivity contribution >= 4 is 5.97 Å². The third kappa shape index (κ3) is 3.34. The third-order valence-corrected chi connectivity index (χ3v) is 4.37. The van der Waals surface area contributed by atoms with Crippen LogP contribution >= 0.6 is 0 Å². The summed E-state index contributed by atoms with van der Waals surface area (Å²) in [6.07, 6.45) is 0.327. The molecule has 0 saturated heterocycles. The quantitative estimate of drug-likeness (QED) is 0.472. The van der Waals surface area contributed by atoms with Crippen molar-refractivity contribution in [2.45, 2.75) is 25.9 Å². The highest BCUT2D eigenvalue weighted by Crippen LogP contribution is 2.40. The molecule has 0 aliphatic carbocycles. The second kappa shape index (κ2) is 7.35. The number of aryl methyl sites for hydroxylation is 1. The summed E-state index contributed by atoms with van der Waals surface area (Å²) in [5.41, 5.74) is 3.03. The summed E-state index contributed by atoms with van der Waals surface area (Å²) in [5.74, 6) is -0.228. The zero-order valence-corrected chi connectivity index (χ0v) is 14.6. The molecule has 2 nitrogen and oxygen atoms in total. The lowest BCUT2D eigenvalue weighted by Crippen LogP contribution is -2.35. The fraction of sp³-hybridized carbons (Fsp3) is 0.174. The SMILES string of the molecule is CCC(=O)OC(c1ccccc1)(c1ccccc1)c1ccc(C)cc1. The molecule has 0 bridgehead atoms. The largest absolute Gasteiger partial charge is 0.444 e. The lowest BCUT2D eigenvalue weighted by Gasteiger charge is -2.35. The predicted octanol–water partition coefficient (Wildman–Crippen LogP) is 5.24. The van der Waals surface area contributed by atoms with Crippen molar-refractivity contribution in [3.8, 4) is 0 Å². The van der Waals surface area contributed by atoms with Gasteiger partial charge in [0.05, 0.1) is 0 Å². The van der Waals surface area contributed by atoms with E-state index in [-0.39, 0.29) is 5.97 Å². The van der Waals surface area contributed by atoms with E-state index in [0.717, 1.165) is 16.7 Å². The van der Waals surface area contributed by atoms with Crippen LogP contribution in [0.4, 0.5) is 0 Å². The molecule has 3 aromatic rings. The third-order valence-electron chi connectivity index (χ3n) is 4.37. The van der Waals surface area contributed by atoms with Crippen LogP contribution in [0, 0.1) is 6.92 Å². The maximum Gasteiger partial charge on any atom is 0.307 e. The summed E-state index contributed by atoms with van der Waals surface area (Å²) < 4.78 is 6.15. The number of esters is 1. The van der Waals surface area contributed by atoms with Gasteiger partial charge in [-0.05, 0) is 6.92 Å². The first kappa shape index (κ1) is 17.0. The molecule has 0 amide bonds. The second-order valence-corrected chi connectivity index (χ2v) is 6.11. The van der Waals surface area contributed by atoms with Gasteiger partial charge < -0.3 is 4.74 Å². The highest BCUT2D eigenvalue weighted by Gasteiger charge is 2.40. The molecular formula is C23H22O2. The highest BCUT2D eigenvalue weighted by molar-refractivity contribution is 5.71. The molecule has 0 radical (unpaired) electrons. The van der Waals surface area contributed by atoms with Gasteiger partial charge in [-0.2, -0.15) is 0 Å². The first-order valence-corrected chi connectivity index (χ1v) is 8.57. The topological polar surface area (TPSA) is 26.3 Å². The van der Waals surface area contributed by atoms with Crippen LogP contribution < -0.4 is 0 Å². The predicted molar refractivity (Wildman–Crippen MR) is 100 cm³/mol. The van der Waals surface area contributed by atoms with E-state index in [9.17, 15) is 4.79 Å².